The molecule has 0 spiro atoms. The average molecular weight is 184 g/mol. The van der Waals surface area contributed by atoms with Crippen LogP contribution in [-0.4, -0.2) is 25.4 Å². The first kappa shape index (κ1) is 12.4. The highest BCUT2D eigenvalue weighted by Crippen LogP contribution is 2.06. The lowest BCUT2D eigenvalue weighted by Crippen LogP contribution is -1.89. The third-order valence-corrected chi connectivity index (χ3v) is 1.84. The van der Waals surface area contributed by atoms with Crippen molar-refractivity contribution >= 4 is 0 Å². The molecule has 2 nitrogen and oxygen atoms in total. The number of aliphatic hydroxyl groups is 1. The molecule has 0 aromatic carbocycles. The zero-order valence-electron chi connectivity index (χ0n) is 8.84. The largest absolute Gasteiger partial charge is 0.392 e. The summed E-state index contributed by atoms with van der Waals surface area (Å²) >= 11 is 0. The fourth-order valence-corrected chi connectivity index (χ4v) is 1.09. The Morgan fingerprint density at radius 1 is 1.23 bits per heavy atom. The van der Waals surface area contributed by atoms with E-state index in [0.29, 0.717) is 6.61 Å². The second kappa shape index (κ2) is 8.02. The first-order valence-electron chi connectivity index (χ1n) is 4.61. The Morgan fingerprint density at radius 3 is 2.46 bits per heavy atom. The van der Waals surface area contributed by atoms with Gasteiger partial charge in [-0.25, -0.2) is 0 Å². The summed E-state index contributed by atoms with van der Waals surface area (Å²) in [4.78, 5) is 0. The molecule has 13 heavy (non-hydrogen) atoms. The van der Waals surface area contributed by atoms with Crippen LogP contribution >= 0.6 is 0 Å². The Bertz CT molecular complexity index is 181. The molecule has 76 valence electrons. The van der Waals surface area contributed by atoms with Gasteiger partial charge in [-0.2, -0.15) is 0 Å². The molecule has 0 aliphatic heterocycles. The summed E-state index contributed by atoms with van der Waals surface area (Å²) in [6, 6.07) is 0. The third-order valence-electron chi connectivity index (χ3n) is 1.84. The first-order valence-corrected chi connectivity index (χ1v) is 4.61. The number of rotatable bonds is 6. The van der Waals surface area contributed by atoms with Crippen LogP contribution in [0.3, 0.4) is 0 Å². The van der Waals surface area contributed by atoms with Crippen molar-refractivity contribution in [3.8, 4) is 0 Å². The molecule has 1 N–H and O–H groups in total. The summed E-state index contributed by atoms with van der Waals surface area (Å²) in [6.07, 6.45) is 6.07. The van der Waals surface area contributed by atoms with Crippen LogP contribution in [0.2, 0.25) is 0 Å². The molecule has 0 aliphatic rings. The number of hydrogen-bond acceptors (Lipinski definition) is 2. The van der Waals surface area contributed by atoms with Crippen molar-refractivity contribution in [2.75, 3.05) is 20.3 Å². The number of allylic oxidation sites excluding steroid dienone is 2. The molecule has 0 amide bonds. The van der Waals surface area contributed by atoms with Crippen LogP contribution in [0.15, 0.2) is 23.3 Å². The van der Waals surface area contributed by atoms with Crippen molar-refractivity contribution in [1.82, 2.24) is 0 Å². The Morgan fingerprint density at radius 2 is 1.92 bits per heavy atom. The summed E-state index contributed by atoms with van der Waals surface area (Å²) in [5.41, 5.74) is 2.50. The van der Waals surface area contributed by atoms with Gasteiger partial charge in [-0.05, 0) is 26.7 Å². The summed E-state index contributed by atoms with van der Waals surface area (Å²) in [7, 11) is 1.70. The van der Waals surface area contributed by atoms with E-state index in [2.05, 4.69) is 13.0 Å². The van der Waals surface area contributed by atoms with Gasteiger partial charge in [-0.3, -0.25) is 0 Å². The van der Waals surface area contributed by atoms with E-state index in [1.54, 1.807) is 7.11 Å². The summed E-state index contributed by atoms with van der Waals surface area (Å²) < 4.78 is 4.99. The molecule has 0 saturated carbocycles. The Kier molecular flexibility index (Phi) is 7.65. The molecular formula is C11H20O2. The minimum Gasteiger partial charge on any atom is -0.392 e. The third kappa shape index (κ3) is 7.75. The number of ether oxygens (including phenoxy) is 1. The van der Waals surface area contributed by atoms with Gasteiger partial charge >= 0.3 is 0 Å². The topological polar surface area (TPSA) is 29.5 Å². The fraction of sp³-hybridized carbons (Fsp3) is 0.636. The maximum absolute atomic E-state index is 8.62. The molecule has 0 radical (unpaired) electrons. The van der Waals surface area contributed by atoms with E-state index < -0.39 is 0 Å². The van der Waals surface area contributed by atoms with Crippen LogP contribution in [0.5, 0.6) is 0 Å². The predicted octanol–water partition coefficient (Wildman–Crippen LogP) is 2.30. The van der Waals surface area contributed by atoms with E-state index in [1.807, 2.05) is 13.0 Å². The van der Waals surface area contributed by atoms with E-state index in [4.69, 9.17) is 9.84 Å². The molecule has 0 aromatic heterocycles. The Labute approximate surface area is 80.9 Å². The van der Waals surface area contributed by atoms with Gasteiger partial charge in [0.05, 0.1) is 13.2 Å². The molecule has 2 heteroatoms. The van der Waals surface area contributed by atoms with Gasteiger partial charge in [-0.15, -0.1) is 0 Å². The smallest absolute Gasteiger partial charge is 0.0670 e. The summed E-state index contributed by atoms with van der Waals surface area (Å²) in [6.45, 7) is 4.96. The van der Waals surface area contributed by atoms with Crippen LogP contribution in [0.25, 0.3) is 0 Å². The predicted molar refractivity (Wildman–Crippen MR) is 55.7 cm³/mol. The van der Waals surface area contributed by atoms with Gasteiger partial charge in [0.15, 0.2) is 0 Å². The molecular weight excluding hydrogens is 164 g/mol. The van der Waals surface area contributed by atoms with E-state index >= 15 is 0 Å². The first-order chi connectivity index (χ1) is 6.20. The van der Waals surface area contributed by atoms with E-state index in [9.17, 15) is 0 Å². The van der Waals surface area contributed by atoms with Crippen molar-refractivity contribution < 1.29 is 9.84 Å². The van der Waals surface area contributed by atoms with Crippen molar-refractivity contribution in [2.24, 2.45) is 0 Å². The SMILES string of the molecule is COC/C(C)=C/CC/C(C)=C/CO. The monoisotopic (exact) mass is 184 g/mol. The standard InChI is InChI=1S/C11H20O2/c1-10(7-8-12)5-4-6-11(2)9-13-3/h6-7,12H,4-5,8-9H2,1-3H3/b10-7+,11-6+. The molecule has 0 rings (SSSR count). The molecule has 0 unspecified atom stereocenters. The van der Waals surface area contributed by atoms with Crippen molar-refractivity contribution in [2.45, 2.75) is 26.7 Å². The van der Waals surface area contributed by atoms with Crippen LogP contribution in [-0.2, 0) is 4.74 Å². The quantitative estimate of drug-likeness (QED) is 0.642. The maximum Gasteiger partial charge on any atom is 0.0670 e. The number of methoxy groups -OCH3 is 1. The molecule has 0 atom stereocenters. The lowest BCUT2D eigenvalue weighted by Gasteiger charge is -2.00. The zero-order valence-corrected chi connectivity index (χ0v) is 8.84. The highest BCUT2D eigenvalue weighted by molar-refractivity contribution is 5.03. The lowest BCUT2D eigenvalue weighted by atomic mass is 10.1. The van der Waals surface area contributed by atoms with Gasteiger partial charge in [0.1, 0.15) is 0 Å². The highest BCUT2D eigenvalue weighted by atomic mass is 16.5. The van der Waals surface area contributed by atoms with Crippen LogP contribution in [0, 0.1) is 0 Å². The van der Waals surface area contributed by atoms with Crippen molar-refractivity contribution in [3.05, 3.63) is 23.3 Å². The molecule has 0 bridgehead atoms. The van der Waals surface area contributed by atoms with E-state index in [1.165, 1.54) is 11.1 Å². The van der Waals surface area contributed by atoms with Crippen LogP contribution in [0.1, 0.15) is 26.7 Å². The minimum absolute atomic E-state index is 0.145. The van der Waals surface area contributed by atoms with Crippen LogP contribution in [0.4, 0.5) is 0 Å². The second-order valence-corrected chi connectivity index (χ2v) is 3.26. The molecule has 0 aliphatic carbocycles. The summed E-state index contributed by atoms with van der Waals surface area (Å²) in [5.74, 6) is 0. The fourth-order valence-electron chi connectivity index (χ4n) is 1.09. The zero-order chi connectivity index (χ0) is 10.1. The average Bonchev–Trinajstić information content (AvgIpc) is 2.05. The Hall–Kier alpha value is -0.600. The van der Waals surface area contributed by atoms with E-state index in [-0.39, 0.29) is 6.61 Å². The van der Waals surface area contributed by atoms with Crippen molar-refractivity contribution in [3.63, 3.8) is 0 Å². The van der Waals surface area contributed by atoms with Gasteiger partial charge < -0.3 is 9.84 Å². The minimum atomic E-state index is 0.145. The normalized spacial score (nSPS) is 13.5. The second-order valence-electron chi connectivity index (χ2n) is 3.26. The maximum atomic E-state index is 8.62. The number of aliphatic hydroxyl groups excluding tert-OH is 1. The molecule has 0 aromatic rings. The molecule has 0 heterocycles. The Balaban J connectivity index is 3.65. The van der Waals surface area contributed by atoms with Gasteiger partial charge in [0.2, 0.25) is 0 Å². The molecule has 0 fully saturated rings. The number of hydrogen-bond donors (Lipinski definition) is 1. The van der Waals surface area contributed by atoms with Gasteiger partial charge in [0, 0.05) is 7.11 Å². The summed E-state index contributed by atoms with van der Waals surface area (Å²) in [5, 5.41) is 8.62. The van der Waals surface area contributed by atoms with E-state index in [0.717, 1.165) is 12.8 Å². The lowest BCUT2D eigenvalue weighted by molar-refractivity contribution is 0.225. The van der Waals surface area contributed by atoms with Crippen molar-refractivity contribution in [1.29, 1.82) is 0 Å². The van der Waals surface area contributed by atoms with Gasteiger partial charge in [0.25, 0.3) is 0 Å². The molecule has 0 saturated heterocycles. The van der Waals surface area contributed by atoms with Crippen LogP contribution < -0.4 is 0 Å². The highest BCUT2D eigenvalue weighted by Gasteiger charge is 1.89. The van der Waals surface area contributed by atoms with Gasteiger partial charge in [-0.1, -0.05) is 23.3 Å².